The number of hydrogen-bond acceptors (Lipinski definition) is 5. The van der Waals surface area contributed by atoms with Gasteiger partial charge >= 0.3 is 0 Å². The van der Waals surface area contributed by atoms with E-state index in [4.69, 9.17) is 0 Å². The molecule has 0 N–H and O–H groups in total. The summed E-state index contributed by atoms with van der Waals surface area (Å²) in [6, 6.07) is 49.4. The maximum absolute atomic E-state index is 4.60. The molecule has 6 heteroatoms. The van der Waals surface area contributed by atoms with Gasteiger partial charge in [-0.05, 0) is 101 Å². The van der Waals surface area contributed by atoms with Gasteiger partial charge in [0, 0.05) is 87.6 Å². The van der Waals surface area contributed by atoms with Crippen LogP contribution in [0, 0.1) is 0 Å². The van der Waals surface area contributed by atoms with Gasteiger partial charge in [-0.1, -0.05) is 78.9 Å². The minimum absolute atomic E-state index is 0.110. The van der Waals surface area contributed by atoms with E-state index in [0.717, 1.165) is 66.8 Å². The minimum atomic E-state index is 0.110. The molecule has 6 heterocycles. The molecule has 2 aliphatic rings. The van der Waals surface area contributed by atoms with E-state index in [1.165, 1.54) is 22.4 Å². The third-order valence-electron chi connectivity index (χ3n) is 11.2. The molecule has 11 rings (SSSR count). The lowest BCUT2D eigenvalue weighted by atomic mass is 9.86. The van der Waals surface area contributed by atoms with Crippen LogP contribution in [-0.4, -0.2) is 30.5 Å². The zero-order valence-electron chi connectivity index (χ0n) is 30.3. The van der Waals surface area contributed by atoms with Crippen LogP contribution in [0.15, 0.2) is 195 Å². The molecule has 0 saturated carbocycles. The van der Waals surface area contributed by atoms with Crippen molar-refractivity contribution in [3.63, 3.8) is 0 Å². The minimum Gasteiger partial charge on any atom is -0.333 e. The Balaban J connectivity index is 0.975. The molecule has 0 bridgehead atoms. The van der Waals surface area contributed by atoms with Crippen molar-refractivity contribution in [3.05, 3.63) is 206 Å². The smallest absolute Gasteiger partial charge is 0.0702 e. The monoisotopic (exact) mass is 718 g/mol. The molecular weight excluding hydrogens is 685 g/mol. The summed E-state index contributed by atoms with van der Waals surface area (Å²) in [5.41, 5.74) is 15.7. The van der Waals surface area contributed by atoms with Gasteiger partial charge in [-0.3, -0.25) is 19.9 Å². The first kappa shape index (κ1) is 32.0. The first-order valence-electron chi connectivity index (χ1n) is 18.9. The molecule has 5 aromatic heterocycles. The summed E-state index contributed by atoms with van der Waals surface area (Å²) in [5, 5.41) is 2.28. The van der Waals surface area contributed by atoms with E-state index in [9.17, 15) is 0 Å². The first-order chi connectivity index (χ1) is 27.8. The molecule has 2 atom stereocenters. The predicted molar refractivity (Wildman–Crippen MR) is 227 cm³/mol. The second-order valence-corrected chi connectivity index (χ2v) is 14.4. The third-order valence-corrected chi connectivity index (χ3v) is 11.2. The van der Waals surface area contributed by atoms with Gasteiger partial charge < -0.3 is 9.47 Å². The average molecular weight is 719 g/mol. The number of rotatable bonds is 6. The number of pyridine rings is 4. The van der Waals surface area contributed by atoms with Crippen LogP contribution in [0.5, 0.6) is 0 Å². The lowest BCUT2D eigenvalue weighted by molar-refractivity contribution is 0.746. The van der Waals surface area contributed by atoms with Crippen molar-refractivity contribution in [2.24, 2.45) is 0 Å². The Bertz CT molecular complexity index is 3000. The summed E-state index contributed by atoms with van der Waals surface area (Å²) in [4.78, 5) is 20.8. The standard InChI is InChI=1S/C50H34N6/c1-3-22-53-45(14-1)37-10-5-8-33(26-37)35-16-18-47-41(28-35)43-31-51-24-20-49(43)55(47)39-12-7-13-40(30-39)56-48-19-17-36(29-42(48)44-32-52-25-21-50(44)56)34-9-6-11-38(27-34)46-15-2-4-23-54-46/h1-32,41,47H. The van der Waals surface area contributed by atoms with Crippen LogP contribution >= 0.6 is 0 Å². The number of fused-ring (bicyclic) bond motifs is 6. The van der Waals surface area contributed by atoms with Crippen molar-refractivity contribution in [2.45, 2.75) is 12.0 Å². The van der Waals surface area contributed by atoms with E-state index >= 15 is 0 Å². The van der Waals surface area contributed by atoms with E-state index < -0.39 is 0 Å². The topological polar surface area (TPSA) is 59.7 Å². The van der Waals surface area contributed by atoms with Crippen LogP contribution in [0.3, 0.4) is 0 Å². The van der Waals surface area contributed by atoms with Crippen LogP contribution in [0.4, 0.5) is 11.4 Å². The van der Waals surface area contributed by atoms with E-state index in [-0.39, 0.29) is 12.0 Å². The second-order valence-electron chi connectivity index (χ2n) is 14.4. The third kappa shape index (κ3) is 5.34. The molecule has 0 fully saturated rings. The molecule has 6 nitrogen and oxygen atoms in total. The van der Waals surface area contributed by atoms with Crippen molar-refractivity contribution < 1.29 is 0 Å². The van der Waals surface area contributed by atoms with Gasteiger partial charge in [-0.2, -0.15) is 0 Å². The van der Waals surface area contributed by atoms with Gasteiger partial charge in [0.25, 0.3) is 0 Å². The number of nitrogens with zero attached hydrogens (tertiary/aromatic N) is 6. The number of hydrogen-bond donors (Lipinski definition) is 0. The zero-order chi connectivity index (χ0) is 37.0. The SMILES string of the molecule is C1=CC2C(C=C1c1cccc(-c3ccccn3)c1)c1cnccc1N2c1cccc(-n2c3ccncc3c3cc(-c4cccc(-c5ccccn5)c4)ccc32)c1. The molecule has 56 heavy (non-hydrogen) atoms. The fourth-order valence-corrected chi connectivity index (χ4v) is 8.62. The van der Waals surface area contributed by atoms with Gasteiger partial charge in [-0.15, -0.1) is 0 Å². The maximum Gasteiger partial charge on any atom is 0.0702 e. The van der Waals surface area contributed by atoms with Crippen molar-refractivity contribution in [1.29, 1.82) is 0 Å². The molecule has 0 saturated heterocycles. The Hall–Kier alpha value is -7.44. The average Bonchev–Trinajstić information content (AvgIpc) is 3.79. The van der Waals surface area contributed by atoms with Crippen LogP contribution in [-0.2, 0) is 0 Å². The maximum atomic E-state index is 4.60. The molecular formula is C50H34N6. The summed E-state index contributed by atoms with van der Waals surface area (Å²) in [7, 11) is 0. The fraction of sp³-hybridized carbons (Fsp3) is 0.0400. The highest BCUT2D eigenvalue weighted by molar-refractivity contribution is 6.10. The van der Waals surface area contributed by atoms with Gasteiger partial charge in [0.1, 0.15) is 0 Å². The number of aromatic nitrogens is 5. The Labute approximate surface area is 324 Å². The predicted octanol–water partition coefficient (Wildman–Crippen LogP) is 11.6. The van der Waals surface area contributed by atoms with Crippen molar-refractivity contribution in [1.82, 2.24) is 24.5 Å². The number of allylic oxidation sites excluding steroid dienone is 2. The van der Waals surface area contributed by atoms with Crippen molar-refractivity contribution in [2.75, 3.05) is 4.90 Å². The summed E-state index contributed by atoms with van der Waals surface area (Å²) in [6.07, 6.45) is 18.6. The lowest BCUT2D eigenvalue weighted by Crippen LogP contribution is -2.29. The Morgan fingerprint density at radius 3 is 1.96 bits per heavy atom. The summed E-state index contributed by atoms with van der Waals surface area (Å²) in [5.74, 6) is 0.148. The molecule has 2 unspecified atom stereocenters. The normalized spacial score (nSPS) is 15.9. The number of benzene rings is 4. The largest absolute Gasteiger partial charge is 0.333 e. The van der Waals surface area contributed by atoms with Gasteiger partial charge in [0.2, 0.25) is 0 Å². The molecule has 4 aromatic carbocycles. The quantitative estimate of drug-likeness (QED) is 0.171. The Kier molecular flexibility index (Phi) is 7.52. The van der Waals surface area contributed by atoms with Crippen LogP contribution < -0.4 is 4.90 Å². The van der Waals surface area contributed by atoms with Gasteiger partial charge in [-0.25, -0.2) is 0 Å². The van der Waals surface area contributed by atoms with E-state index in [2.05, 4.69) is 163 Å². The van der Waals surface area contributed by atoms with Gasteiger partial charge in [0.15, 0.2) is 0 Å². The summed E-state index contributed by atoms with van der Waals surface area (Å²) in [6.45, 7) is 0. The van der Waals surface area contributed by atoms with Crippen LogP contribution in [0.2, 0.25) is 0 Å². The molecule has 9 aromatic rings. The van der Waals surface area contributed by atoms with E-state index in [1.807, 2.05) is 61.4 Å². The van der Waals surface area contributed by atoms with Crippen molar-refractivity contribution >= 4 is 38.8 Å². The highest BCUT2D eigenvalue weighted by Crippen LogP contribution is 2.49. The molecule has 264 valence electrons. The molecule has 1 aliphatic carbocycles. The Morgan fingerprint density at radius 1 is 0.482 bits per heavy atom. The van der Waals surface area contributed by atoms with Gasteiger partial charge in [0.05, 0.1) is 28.5 Å². The van der Waals surface area contributed by atoms with E-state index in [0.29, 0.717) is 0 Å². The van der Waals surface area contributed by atoms with Crippen LogP contribution in [0.1, 0.15) is 17.0 Å². The molecule has 1 aliphatic heterocycles. The molecule has 0 spiro atoms. The summed E-state index contributed by atoms with van der Waals surface area (Å²) < 4.78 is 2.37. The van der Waals surface area contributed by atoms with E-state index in [1.54, 1.807) is 0 Å². The fourth-order valence-electron chi connectivity index (χ4n) is 8.62. The van der Waals surface area contributed by atoms with Crippen LogP contribution in [0.25, 0.3) is 66.7 Å². The number of anilines is 2. The first-order valence-corrected chi connectivity index (χ1v) is 18.9. The summed E-state index contributed by atoms with van der Waals surface area (Å²) >= 11 is 0. The Morgan fingerprint density at radius 2 is 1.16 bits per heavy atom. The molecule has 0 radical (unpaired) electrons. The van der Waals surface area contributed by atoms with Crippen molar-refractivity contribution in [3.8, 4) is 39.3 Å². The second kappa shape index (κ2) is 13.1. The highest BCUT2D eigenvalue weighted by atomic mass is 15.2. The highest BCUT2D eigenvalue weighted by Gasteiger charge is 2.38. The lowest BCUT2D eigenvalue weighted by Gasteiger charge is -2.30. The molecule has 0 amide bonds. The zero-order valence-corrected chi connectivity index (χ0v) is 30.3.